The van der Waals surface area contributed by atoms with Crippen molar-refractivity contribution in [3.05, 3.63) is 36.7 Å². The highest BCUT2D eigenvalue weighted by atomic mass is 16.1. The number of nitrogens with zero attached hydrogens (tertiary/aromatic N) is 3. The summed E-state index contributed by atoms with van der Waals surface area (Å²) in [7, 11) is 0. The minimum absolute atomic E-state index is 0.591. The Morgan fingerprint density at radius 3 is 2.78 bits per heavy atom. The van der Waals surface area contributed by atoms with E-state index in [4.69, 9.17) is 5.73 Å². The molecule has 5 nitrogen and oxygen atoms in total. The Bertz CT molecular complexity index is 553. The third-order valence-corrected chi connectivity index (χ3v) is 2.62. The molecule has 0 unspecified atom stereocenters. The van der Waals surface area contributed by atoms with E-state index in [1.165, 1.54) is 6.08 Å². The molecular formula is C13H14N4O. The molecule has 0 atom stereocenters. The summed E-state index contributed by atoms with van der Waals surface area (Å²) >= 11 is 0. The van der Waals surface area contributed by atoms with Gasteiger partial charge in [-0.2, -0.15) is 4.99 Å². The lowest BCUT2D eigenvalue weighted by Gasteiger charge is -2.06. The van der Waals surface area contributed by atoms with Gasteiger partial charge in [-0.3, -0.25) is 0 Å². The largest absolute Gasteiger partial charge is 0.331 e. The van der Waals surface area contributed by atoms with Crippen LogP contribution in [-0.4, -0.2) is 22.2 Å². The highest BCUT2D eigenvalue weighted by Gasteiger charge is 2.05. The number of isocyanates is 1. The summed E-state index contributed by atoms with van der Waals surface area (Å²) < 4.78 is 2.06. The number of aromatic nitrogens is 2. The molecular weight excluding hydrogens is 228 g/mol. The number of carbonyl (C=O) groups excluding carboxylic acids is 1. The van der Waals surface area contributed by atoms with Crippen LogP contribution in [0.5, 0.6) is 0 Å². The summed E-state index contributed by atoms with van der Waals surface area (Å²) in [4.78, 5) is 18.0. The maximum Gasteiger partial charge on any atom is 0.240 e. The lowest BCUT2D eigenvalue weighted by molar-refractivity contribution is 0.565. The van der Waals surface area contributed by atoms with Gasteiger partial charge in [0.15, 0.2) is 0 Å². The Kier molecular flexibility index (Phi) is 4.02. The minimum Gasteiger partial charge on any atom is -0.331 e. The van der Waals surface area contributed by atoms with Crippen molar-refractivity contribution in [1.29, 1.82) is 0 Å². The second-order valence-electron chi connectivity index (χ2n) is 3.84. The summed E-state index contributed by atoms with van der Waals surface area (Å²) in [6.45, 7) is 1.50. The third kappa shape index (κ3) is 2.71. The predicted octanol–water partition coefficient (Wildman–Crippen LogP) is 1.87. The molecule has 0 aliphatic carbocycles. The quantitative estimate of drug-likeness (QED) is 0.642. The number of hydrogen-bond acceptors (Lipinski definition) is 4. The molecule has 18 heavy (non-hydrogen) atoms. The molecule has 0 amide bonds. The van der Waals surface area contributed by atoms with Gasteiger partial charge in [0.1, 0.15) is 5.82 Å². The van der Waals surface area contributed by atoms with Crippen LogP contribution in [0.25, 0.3) is 11.4 Å². The van der Waals surface area contributed by atoms with E-state index in [-0.39, 0.29) is 0 Å². The van der Waals surface area contributed by atoms with Gasteiger partial charge >= 0.3 is 0 Å². The van der Waals surface area contributed by atoms with E-state index in [0.717, 1.165) is 24.4 Å². The molecule has 1 aromatic carbocycles. The summed E-state index contributed by atoms with van der Waals surface area (Å²) in [5.74, 6) is 0.894. The Morgan fingerprint density at radius 2 is 2.11 bits per heavy atom. The van der Waals surface area contributed by atoms with E-state index in [9.17, 15) is 4.79 Å². The normalized spacial score (nSPS) is 10.1. The van der Waals surface area contributed by atoms with Crippen molar-refractivity contribution in [3.8, 4) is 11.4 Å². The molecule has 2 N–H and O–H groups in total. The number of benzene rings is 1. The molecule has 0 bridgehead atoms. The van der Waals surface area contributed by atoms with Gasteiger partial charge in [-0.05, 0) is 37.2 Å². The van der Waals surface area contributed by atoms with Gasteiger partial charge in [0.05, 0.1) is 5.69 Å². The SMILES string of the molecule is NCCCn1ccnc1-c1ccc(N=C=O)cc1. The fraction of sp³-hybridized carbons (Fsp3) is 0.231. The third-order valence-electron chi connectivity index (χ3n) is 2.62. The van der Waals surface area contributed by atoms with E-state index in [2.05, 4.69) is 14.5 Å². The molecule has 0 spiro atoms. The lowest BCUT2D eigenvalue weighted by Crippen LogP contribution is -2.06. The molecule has 5 heteroatoms. The highest BCUT2D eigenvalue weighted by Crippen LogP contribution is 2.21. The first kappa shape index (κ1) is 12.2. The Labute approximate surface area is 105 Å². The van der Waals surface area contributed by atoms with Crippen LogP contribution in [0.3, 0.4) is 0 Å². The van der Waals surface area contributed by atoms with E-state index >= 15 is 0 Å². The molecule has 1 heterocycles. The van der Waals surface area contributed by atoms with Crippen molar-refractivity contribution < 1.29 is 4.79 Å². The smallest absolute Gasteiger partial charge is 0.240 e. The van der Waals surface area contributed by atoms with Crippen LogP contribution in [-0.2, 0) is 11.3 Å². The van der Waals surface area contributed by atoms with Crippen LogP contribution in [0.1, 0.15) is 6.42 Å². The number of rotatable bonds is 5. The molecule has 1 aromatic heterocycles. The maximum absolute atomic E-state index is 10.1. The zero-order valence-electron chi connectivity index (χ0n) is 9.91. The molecule has 0 aliphatic heterocycles. The lowest BCUT2D eigenvalue weighted by atomic mass is 10.2. The van der Waals surface area contributed by atoms with Crippen molar-refractivity contribution in [1.82, 2.24) is 9.55 Å². The Hall–Kier alpha value is -2.23. The fourth-order valence-corrected chi connectivity index (χ4v) is 1.75. The van der Waals surface area contributed by atoms with Gasteiger partial charge < -0.3 is 10.3 Å². The average molecular weight is 242 g/mol. The number of imidazole rings is 1. The molecule has 0 fully saturated rings. The standard InChI is InChI=1S/C13H14N4O/c14-6-1-8-17-9-7-15-13(17)11-2-4-12(5-3-11)16-10-18/h2-5,7,9H,1,6,8,14H2. The highest BCUT2D eigenvalue weighted by molar-refractivity contribution is 5.60. The fourth-order valence-electron chi connectivity index (χ4n) is 1.75. The molecule has 0 aliphatic rings. The van der Waals surface area contributed by atoms with Crippen molar-refractivity contribution in [2.45, 2.75) is 13.0 Å². The molecule has 0 radical (unpaired) electrons. The van der Waals surface area contributed by atoms with Gasteiger partial charge in [0.2, 0.25) is 6.08 Å². The molecule has 0 saturated heterocycles. The van der Waals surface area contributed by atoms with E-state index in [0.29, 0.717) is 12.2 Å². The first-order chi connectivity index (χ1) is 8.85. The van der Waals surface area contributed by atoms with Crippen LogP contribution in [0.4, 0.5) is 5.69 Å². The van der Waals surface area contributed by atoms with Crippen molar-refractivity contribution in [2.24, 2.45) is 10.7 Å². The summed E-state index contributed by atoms with van der Waals surface area (Å²) in [6, 6.07) is 7.30. The van der Waals surface area contributed by atoms with Crippen molar-refractivity contribution >= 4 is 11.8 Å². The van der Waals surface area contributed by atoms with Crippen LogP contribution in [0, 0.1) is 0 Å². The minimum atomic E-state index is 0.591. The second-order valence-corrected chi connectivity index (χ2v) is 3.84. The average Bonchev–Trinajstić information content (AvgIpc) is 2.86. The maximum atomic E-state index is 10.1. The summed E-state index contributed by atoms with van der Waals surface area (Å²) in [5.41, 5.74) is 7.08. The second kappa shape index (κ2) is 5.91. The van der Waals surface area contributed by atoms with E-state index < -0.39 is 0 Å². The number of aryl methyl sites for hydroxylation is 1. The van der Waals surface area contributed by atoms with Gasteiger partial charge in [-0.25, -0.2) is 9.78 Å². The topological polar surface area (TPSA) is 73.3 Å². The van der Waals surface area contributed by atoms with E-state index in [1.807, 2.05) is 18.3 Å². The number of hydrogen-bond donors (Lipinski definition) is 1. The van der Waals surface area contributed by atoms with Gasteiger partial charge in [-0.15, -0.1) is 0 Å². The number of aliphatic imine (C=N–C) groups is 1. The summed E-state index contributed by atoms with van der Waals surface area (Å²) in [5, 5.41) is 0. The Balaban J connectivity index is 2.25. The molecule has 92 valence electrons. The van der Waals surface area contributed by atoms with E-state index in [1.54, 1.807) is 18.3 Å². The first-order valence-electron chi connectivity index (χ1n) is 5.74. The predicted molar refractivity (Wildman–Crippen MR) is 69.1 cm³/mol. The van der Waals surface area contributed by atoms with Gasteiger partial charge in [-0.1, -0.05) is 0 Å². The van der Waals surface area contributed by atoms with Crippen LogP contribution >= 0.6 is 0 Å². The van der Waals surface area contributed by atoms with Crippen molar-refractivity contribution in [3.63, 3.8) is 0 Å². The van der Waals surface area contributed by atoms with Gasteiger partial charge in [0, 0.05) is 24.5 Å². The molecule has 2 aromatic rings. The van der Waals surface area contributed by atoms with Crippen molar-refractivity contribution in [2.75, 3.05) is 6.54 Å². The molecule has 2 rings (SSSR count). The first-order valence-corrected chi connectivity index (χ1v) is 5.74. The Morgan fingerprint density at radius 1 is 1.33 bits per heavy atom. The number of nitrogens with two attached hydrogens (primary N) is 1. The zero-order chi connectivity index (χ0) is 12.8. The van der Waals surface area contributed by atoms with Crippen LogP contribution in [0.15, 0.2) is 41.7 Å². The van der Waals surface area contributed by atoms with Crippen LogP contribution in [0.2, 0.25) is 0 Å². The van der Waals surface area contributed by atoms with Crippen LogP contribution < -0.4 is 5.73 Å². The van der Waals surface area contributed by atoms with Gasteiger partial charge in [0.25, 0.3) is 0 Å². The zero-order valence-corrected chi connectivity index (χ0v) is 9.91. The monoisotopic (exact) mass is 242 g/mol. The summed E-state index contributed by atoms with van der Waals surface area (Å²) in [6.07, 6.45) is 6.13. The molecule has 0 saturated carbocycles.